The molecule has 7 heteroatoms. The molecular formula is C22H24N4O3. The van der Waals surface area contributed by atoms with E-state index >= 15 is 0 Å². The van der Waals surface area contributed by atoms with Crippen molar-refractivity contribution in [2.75, 3.05) is 25.6 Å². The Labute approximate surface area is 170 Å². The van der Waals surface area contributed by atoms with Gasteiger partial charge < -0.3 is 20.1 Å². The van der Waals surface area contributed by atoms with Gasteiger partial charge in [0.25, 0.3) is 5.91 Å². The first-order chi connectivity index (χ1) is 14.2. The monoisotopic (exact) mass is 392 g/mol. The van der Waals surface area contributed by atoms with Crippen LogP contribution >= 0.6 is 0 Å². The van der Waals surface area contributed by atoms with Crippen LogP contribution in [0.15, 0.2) is 60.9 Å². The van der Waals surface area contributed by atoms with E-state index in [1.807, 2.05) is 42.5 Å². The van der Waals surface area contributed by atoms with Crippen molar-refractivity contribution in [1.29, 1.82) is 0 Å². The van der Waals surface area contributed by atoms with Gasteiger partial charge in [-0.25, -0.2) is 9.97 Å². The van der Waals surface area contributed by atoms with Crippen LogP contribution in [-0.2, 0) is 6.42 Å². The van der Waals surface area contributed by atoms with Gasteiger partial charge >= 0.3 is 0 Å². The molecule has 0 saturated heterocycles. The van der Waals surface area contributed by atoms with Crippen molar-refractivity contribution < 1.29 is 14.3 Å². The predicted octanol–water partition coefficient (Wildman–Crippen LogP) is 3.60. The zero-order valence-corrected chi connectivity index (χ0v) is 16.5. The molecule has 0 spiro atoms. The number of para-hydroxylation sites is 1. The Hall–Kier alpha value is -3.61. The number of methoxy groups -OCH3 is 1. The number of hydrogen-bond donors (Lipinski definition) is 2. The summed E-state index contributed by atoms with van der Waals surface area (Å²) in [4.78, 5) is 20.7. The van der Waals surface area contributed by atoms with Crippen molar-refractivity contribution in [2.24, 2.45) is 0 Å². The summed E-state index contributed by atoms with van der Waals surface area (Å²) in [6.45, 7) is 2.80. The van der Waals surface area contributed by atoms with E-state index in [1.54, 1.807) is 13.3 Å². The second-order valence-corrected chi connectivity index (χ2v) is 6.20. The molecule has 0 aliphatic heterocycles. The van der Waals surface area contributed by atoms with E-state index in [0.717, 1.165) is 17.9 Å². The third kappa shape index (κ3) is 5.68. The third-order valence-corrected chi connectivity index (χ3v) is 4.26. The van der Waals surface area contributed by atoms with Crippen LogP contribution in [-0.4, -0.2) is 36.1 Å². The second kappa shape index (κ2) is 10.1. The van der Waals surface area contributed by atoms with Crippen molar-refractivity contribution in [3.05, 3.63) is 72.2 Å². The molecule has 1 heterocycles. The molecule has 1 aromatic heterocycles. The zero-order valence-electron chi connectivity index (χ0n) is 16.5. The van der Waals surface area contributed by atoms with Crippen LogP contribution in [0.3, 0.4) is 0 Å². The van der Waals surface area contributed by atoms with Crippen LogP contribution in [0.4, 0.5) is 11.5 Å². The van der Waals surface area contributed by atoms with E-state index in [-0.39, 0.29) is 11.6 Å². The molecule has 1 amide bonds. The number of nitrogens with one attached hydrogen (secondary N) is 2. The largest absolute Gasteiger partial charge is 0.497 e. The molecule has 3 rings (SSSR count). The van der Waals surface area contributed by atoms with Crippen molar-refractivity contribution in [1.82, 2.24) is 15.3 Å². The topological polar surface area (TPSA) is 85.4 Å². The molecule has 2 aromatic carbocycles. The van der Waals surface area contributed by atoms with Crippen molar-refractivity contribution in [3.8, 4) is 11.5 Å². The summed E-state index contributed by atoms with van der Waals surface area (Å²) in [6, 6.07) is 15.3. The minimum Gasteiger partial charge on any atom is -0.497 e. The van der Waals surface area contributed by atoms with Gasteiger partial charge in [0.1, 0.15) is 29.6 Å². The highest BCUT2D eigenvalue weighted by atomic mass is 16.5. The molecule has 0 saturated carbocycles. The molecule has 0 radical (unpaired) electrons. The van der Waals surface area contributed by atoms with Gasteiger partial charge in [0.05, 0.1) is 26.0 Å². The second-order valence-electron chi connectivity index (χ2n) is 6.20. The molecule has 2 N–H and O–H groups in total. The average Bonchev–Trinajstić information content (AvgIpc) is 2.78. The van der Waals surface area contributed by atoms with E-state index < -0.39 is 0 Å². The van der Waals surface area contributed by atoms with E-state index in [4.69, 9.17) is 9.47 Å². The summed E-state index contributed by atoms with van der Waals surface area (Å²) in [5.74, 6) is 1.77. The molecule has 0 aliphatic carbocycles. The van der Waals surface area contributed by atoms with Gasteiger partial charge in [0.15, 0.2) is 0 Å². The highest BCUT2D eigenvalue weighted by Gasteiger charge is 2.08. The maximum absolute atomic E-state index is 12.2. The lowest BCUT2D eigenvalue weighted by molar-refractivity contribution is 0.0941. The summed E-state index contributed by atoms with van der Waals surface area (Å²) >= 11 is 0. The van der Waals surface area contributed by atoms with Crippen LogP contribution in [0, 0.1) is 0 Å². The summed E-state index contributed by atoms with van der Waals surface area (Å²) in [5, 5.41) is 6.00. The average molecular weight is 392 g/mol. The molecule has 29 heavy (non-hydrogen) atoms. The number of hydrogen-bond acceptors (Lipinski definition) is 6. The number of anilines is 2. The summed E-state index contributed by atoms with van der Waals surface area (Å²) in [7, 11) is 1.61. The van der Waals surface area contributed by atoms with Gasteiger partial charge in [-0.05, 0) is 42.3 Å². The lowest BCUT2D eigenvalue weighted by Crippen LogP contribution is -2.28. The van der Waals surface area contributed by atoms with Crippen LogP contribution in [0.25, 0.3) is 0 Å². The lowest BCUT2D eigenvalue weighted by atomic mass is 10.1. The fraction of sp³-hybridized carbons (Fsp3) is 0.227. The zero-order chi connectivity index (χ0) is 20.5. The Bertz CT molecular complexity index is 928. The first kappa shape index (κ1) is 20.1. The van der Waals surface area contributed by atoms with Crippen LogP contribution in [0.1, 0.15) is 23.0 Å². The Morgan fingerprint density at radius 3 is 2.45 bits per heavy atom. The number of ether oxygens (including phenoxy) is 2. The van der Waals surface area contributed by atoms with Crippen LogP contribution in [0.5, 0.6) is 11.5 Å². The lowest BCUT2D eigenvalue weighted by Gasteiger charge is -2.10. The van der Waals surface area contributed by atoms with E-state index in [0.29, 0.717) is 24.7 Å². The summed E-state index contributed by atoms with van der Waals surface area (Å²) in [5.41, 5.74) is 2.42. The fourth-order valence-electron chi connectivity index (χ4n) is 2.69. The summed E-state index contributed by atoms with van der Waals surface area (Å²) in [6.07, 6.45) is 3.92. The quantitative estimate of drug-likeness (QED) is 0.541. The molecule has 150 valence electrons. The fourth-order valence-corrected chi connectivity index (χ4v) is 2.69. The summed E-state index contributed by atoms with van der Waals surface area (Å²) < 4.78 is 10.7. The molecule has 0 bridgehead atoms. The number of carbonyl (C=O) groups is 1. The number of nitrogens with zero attached hydrogens (tertiary/aromatic N) is 2. The molecule has 0 atom stereocenters. The first-order valence-electron chi connectivity index (χ1n) is 9.41. The van der Waals surface area contributed by atoms with Crippen molar-refractivity contribution in [3.63, 3.8) is 0 Å². The van der Waals surface area contributed by atoms with Crippen LogP contribution < -0.4 is 20.1 Å². The standard InChI is InChI=1S/C22H24N4O3/c1-3-16-6-4-5-7-19(16)26-21-15-24-20(14-25-21)22(27)23-12-13-29-18-10-8-17(28-2)9-11-18/h4-11,14-15H,3,12-13H2,1-2H3,(H,23,27)(H,25,26). The minimum absolute atomic E-state index is 0.253. The Balaban J connectivity index is 1.47. The van der Waals surface area contributed by atoms with Gasteiger partial charge in [-0.3, -0.25) is 4.79 Å². The third-order valence-electron chi connectivity index (χ3n) is 4.26. The number of rotatable bonds is 9. The minimum atomic E-state index is -0.295. The highest BCUT2D eigenvalue weighted by Crippen LogP contribution is 2.19. The number of aromatic nitrogens is 2. The van der Waals surface area contributed by atoms with Gasteiger partial charge in [-0.1, -0.05) is 25.1 Å². The smallest absolute Gasteiger partial charge is 0.271 e. The normalized spacial score (nSPS) is 10.3. The number of carbonyl (C=O) groups excluding carboxylic acids is 1. The van der Waals surface area contributed by atoms with Gasteiger partial charge in [0, 0.05) is 5.69 Å². The molecule has 0 fully saturated rings. The number of aryl methyl sites for hydroxylation is 1. The maximum atomic E-state index is 12.2. The van der Waals surface area contributed by atoms with E-state index in [9.17, 15) is 4.79 Å². The maximum Gasteiger partial charge on any atom is 0.271 e. The molecule has 0 unspecified atom stereocenters. The molecular weight excluding hydrogens is 368 g/mol. The predicted molar refractivity (Wildman–Crippen MR) is 112 cm³/mol. The SMILES string of the molecule is CCc1ccccc1Nc1cnc(C(=O)NCCOc2ccc(OC)cc2)cn1. The number of amides is 1. The van der Waals surface area contributed by atoms with Crippen molar-refractivity contribution >= 4 is 17.4 Å². The molecule has 0 aliphatic rings. The molecule has 7 nitrogen and oxygen atoms in total. The molecule has 3 aromatic rings. The van der Waals surface area contributed by atoms with Gasteiger partial charge in [-0.15, -0.1) is 0 Å². The Morgan fingerprint density at radius 1 is 1.00 bits per heavy atom. The van der Waals surface area contributed by atoms with E-state index in [2.05, 4.69) is 33.6 Å². The van der Waals surface area contributed by atoms with Crippen LogP contribution in [0.2, 0.25) is 0 Å². The number of benzene rings is 2. The van der Waals surface area contributed by atoms with Gasteiger partial charge in [0.2, 0.25) is 0 Å². The van der Waals surface area contributed by atoms with E-state index in [1.165, 1.54) is 11.8 Å². The van der Waals surface area contributed by atoms with Gasteiger partial charge in [-0.2, -0.15) is 0 Å². The first-order valence-corrected chi connectivity index (χ1v) is 9.41. The van der Waals surface area contributed by atoms with Crippen molar-refractivity contribution in [2.45, 2.75) is 13.3 Å². The Kier molecular flexibility index (Phi) is 7.00. The highest BCUT2D eigenvalue weighted by molar-refractivity contribution is 5.92. The Morgan fingerprint density at radius 2 is 1.76 bits per heavy atom.